The molecule has 0 saturated carbocycles. The highest BCUT2D eigenvalue weighted by Crippen LogP contribution is 2.65. The Morgan fingerprint density at radius 1 is 0.391 bits per heavy atom. The highest BCUT2D eigenvalue weighted by atomic mass is 15.1. The lowest BCUT2D eigenvalue weighted by atomic mass is 9.53. The largest absolute Gasteiger partial charge is 0.310 e. The van der Waals surface area contributed by atoms with Gasteiger partial charge in [-0.25, -0.2) is 0 Å². The van der Waals surface area contributed by atoms with Crippen molar-refractivity contribution < 1.29 is 0 Å². The van der Waals surface area contributed by atoms with Gasteiger partial charge in [0.15, 0.2) is 0 Å². The van der Waals surface area contributed by atoms with E-state index >= 15 is 0 Å². The van der Waals surface area contributed by atoms with Gasteiger partial charge in [0, 0.05) is 56.2 Å². The van der Waals surface area contributed by atoms with E-state index in [1.807, 2.05) is 0 Å². The van der Waals surface area contributed by atoms with Crippen LogP contribution in [0.1, 0.15) is 78.1 Å². The molecule has 0 amide bonds. The zero-order valence-electron chi connectivity index (χ0n) is 39.5. The third kappa shape index (κ3) is 5.49. The number of aromatic nitrogens is 1. The average molecular weight is 885 g/mol. The van der Waals surface area contributed by atoms with Crippen LogP contribution in [0.25, 0.3) is 49.7 Å². The maximum absolute atomic E-state index is 2.57. The molecule has 0 N–H and O–H groups in total. The van der Waals surface area contributed by atoms with E-state index in [4.69, 9.17) is 0 Å². The number of allylic oxidation sites excluding steroid dienone is 4. The molecule has 69 heavy (non-hydrogen) atoms. The van der Waals surface area contributed by atoms with Crippen molar-refractivity contribution in [1.29, 1.82) is 0 Å². The van der Waals surface area contributed by atoms with E-state index in [1.54, 1.807) is 0 Å². The lowest BCUT2D eigenvalue weighted by Gasteiger charge is -2.49. The number of rotatable bonds is 5. The maximum Gasteiger partial charge on any atom is 0.0541 e. The van der Waals surface area contributed by atoms with Crippen molar-refractivity contribution in [3.05, 3.63) is 275 Å². The minimum absolute atomic E-state index is 0.140. The second kappa shape index (κ2) is 14.5. The van der Waals surface area contributed by atoms with Crippen LogP contribution in [-0.2, 0) is 16.2 Å². The SMILES string of the molecule is CC1(C)c2ccccc2-c2ccc(N(c3ccc(-c4ccc5c(c4)c4ccccc4n5-c4ccccc4)cc3)c3ccc4c(c3)C3(c5ccccc5C(C)(C)c5ccccc53)C3C=CC=CC43)cc21. The van der Waals surface area contributed by atoms with Crippen molar-refractivity contribution in [2.75, 3.05) is 4.90 Å². The molecule has 0 fully saturated rings. The monoisotopic (exact) mass is 884 g/mol. The van der Waals surface area contributed by atoms with Gasteiger partial charge in [-0.3, -0.25) is 0 Å². The van der Waals surface area contributed by atoms with Gasteiger partial charge >= 0.3 is 0 Å². The number of hydrogen-bond acceptors (Lipinski definition) is 1. The first-order valence-electron chi connectivity index (χ1n) is 24.7. The van der Waals surface area contributed by atoms with E-state index in [9.17, 15) is 0 Å². The zero-order chi connectivity index (χ0) is 46.2. The van der Waals surface area contributed by atoms with Crippen LogP contribution < -0.4 is 4.90 Å². The van der Waals surface area contributed by atoms with Crippen molar-refractivity contribution >= 4 is 38.9 Å². The molecule has 2 heteroatoms. The van der Waals surface area contributed by atoms with E-state index in [1.165, 1.54) is 94.3 Å². The summed E-state index contributed by atoms with van der Waals surface area (Å²) in [4.78, 5) is 2.52. The highest BCUT2D eigenvalue weighted by Gasteiger charge is 2.58. The molecule has 4 aliphatic carbocycles. The summed E-state index contributed by atoms with van der Waals surface area (Å²) >= 11 is 0. The number of anilines is 3. The summed E-state index contributed by atoms with van der Waals surface area (Å²) in [6.45, 7) is 9.60. The first-order valence-corrected chi connectivity index (χ1v) is 24.7. The molecule has 0 bridgehead atoms. The quantitative estimate of drug-likeness (QED) is 0.167. The van der Waals surface area contributed by atoms with Crippen LogP contribution in [0.4, 0.5) is 17.1 Å². The van der Waals surface area contributed by atoms with E-state index in [0.29, 0.717) is 0 Å². The first-order chi connectivity index (χ1) is 33.7. The molecular formula is C67H52N2. The van der Waals surface area contributed by atoms with E-state index in [0.717, 1.165) is 17.1 Å². The van der Waals surface area contributed by atoms with Crippen molar-refractivity contribution in [1.82, 2.24) is 4.57 Å². The highest BCUT2D eigenvalue weighted by molar-refractivity contribution is 6.10. The summed E-state index contributed by atoms with van der Waals surface area (Å²) in [6, 6.07) is 78.0. The lowest BCUT2D eigenvalue weighted by Crippen LogP contribution is -2.44. The third-order valence-corrected chi connectivity index (χ3v) is 16.7. The Morgan fingerprint density at radius 2 is 0.942 bits per heavy atom. The normalized spacial score (nSPS) is 18.1. The molecule has 2 unspecified atom stereocenters. The van der Waals surface area contributed by atoms with Crippen LogP contribution in [0.15, 0.2) is 231 Å². The standard InChI is InChI=1S/C67H52N2/c1-65(2)55-23-11-8-20-49(55)51-37-35-47(41-61(51)65)68(46-33-30-43(31-34-46)44-32-39-64-54(40-44)53-22-10-17-29-63(53)69(64)45-18-6-5-7-19-45)48-36-38-52-50-21-9-12-24-56(50)67(62(52)42-48)59-27-15-13-25-57(59)66(3,4)58-26-14-16-28-60(58)67/h5-42,50,56H,1-4H3. The topological polar surface area (TPSA) is 8.17 Å². The molecule has 10 aromatic rings. The Labute approximate surface area is 405 Å². The number of benzene rings is 9. The number of nitrogens with zero attached hydrogens (tertiary/aromatic N) is 2. The predicted molar refractivity (Wildman–Crippen MR) is 288 cm³/mol. The molecule has 1 aromatic heterocycles. The number of hydrogen-bond donors (Lipinski definition) is 0. The fraction of sp³-hybridized carbons (Fsp3) is 0.134. The van der Waals surface area contributed by atoms with Crippen LogP contribution in [0.3, 0.4) is 0 Å². The Kier molecular flexibility index (Phi) is 8.46. The Morgan fingerprint density at radius 3 is 1.70 bits per heavy atom. The van der Waals surface area contributed by atoms with Crippen LogP contribution in [-0.4, -0.2) is 4.57 Å². The fourth-order valence-corrected chi connectivity index (χ4v) is 13.6. The van der Waals surface area contributed by atoms with Gasteiger partial charge in [0.05, 0.1) is 16.4 Å². The van der Waals surface area contributed by atoms with Crippen LogP contribution in [0, 0.1) is 5.92 Å². The Bertz CT molecular complexity index is 3750. The van der Waals surface area contributed by atoms with Gasteiger partial charge in [-0.15, -0.1) is 0 Å². The van der Waals surface area contributed by atoms with Gasteiger partial charge in [0.1, 0.15) is 0 Å². The van der Waals surface area contributed by atoms with Crippen molar-refractivity contribution in [3.8, 4) is 27.9 Å². The van der Waals surface area contributed by atoms with Crippen LogP contribution in [0.2, 0.25) is 0 Å². The van der Waals surface area contributed by atoms with Crippen molar-refractivity contribution in [2.24, 2.45) is 5.92 Å². The van der Waals surface area contributed by atoms with Crippen molar-refractivity contribution in [2.45, 2.75) is 49.9 Å². The van der Waals surface area contributed by atoms with Gasteiger partial charge in [-0.05, 0) is 133 Å². The molecule has 2 atom stereocenters. The summed E-state index contributed by atoms with van der Waals surface area (Å²) < 4.78 is 2.39. The molecule has 0 radical (unpaired) electrons. The second-order valence-electron chi connectivity index (χ2n) is 20.8. The minimum atomic E-state index is -0.376. The third-order valence-electron chi connectivity index (χ3n) is 16.7. The lowest BCUT2D eigenvalue weighted by molar-refractivity contribution is 0.420. The summed E-state index contributed by atoms with van der Waals surface area (Å²) in [7, 11) is 0. The van der Waals surface area contributed by atoms with E-state index in [2.05, 4.69) is 268 Å². The van der Waals surface area contributed by atoms with E-state index < -0.39 is 0 Å². The number of fused-ring (bicyclic) bond motifs is 15. The van der Waals surface area contributed by atoms with Gasteiger partial charge in [0.2, 0.25) is 0 Å². The second-order valence-corrected chi connectivity index (χ2v) is 20.8. The molecule has 330 valence electrons. The van der Waals surface area contributed by atoms with Gasteiger partial charge < -0.3 is 9.47 Å². The summed E-state index contributed by atoms with van der Waals surface area (Å²) in [5.41, 5.74) is 22.7. The first kappa shape index (κ1) is 40.2. The molecule has 0 saturated heterocycles. The molecular weight excluding hydrogens is 833 g/mol. The molecule has 14 rings (SSSR count). The zero-order valence-corrected chi connectivity index (χ0v) is 39.5. The summed E-state index contributed by atoms with van der Waals surface area (Å²) in [5, 5.41) is 2.51. The van der Waals surface area contributed by atoms with Crippen LogP contribution >= 0.6 is 0 Å². The smallest absolute Gasteiger partial charge is 0.0541 e. The van der Waals surface area contributed by atoms with Gasteiger partial charge in [-0.2, -0.15) is 0 Å². The molecule has 2 nitrogen and oxygen atoms in total. The van der Waals surface area contributed by atoms with Crippen molar-refractivity contribution in [3.63, 3.8) is 0 Å². The Hall–Kier alpha value is -7.94. The van der Waals surface area contributed by atoms with E-state index in [-0.39, 0.29) is 28.1 Å². The fourth-order valence-electron chi connectivity index (χ4n) is 13.6. The van der Waals surface area contributed by atoms with Gasteiger partial charge in [0.25, 0.3) is 0 Å². The maximum atomic E-state index is 2.57. The number of para-hydroxylation sites is 2. The molecule has 9 aromatic carbocycles. The Balaban J connectivity index is 0.961. The predicted octanol–water partition coefficient (Wildman–Crippen LogP) is 17.0. The summed E-state index contributed by atoms with van der Waals surface area (Å²) in [5.74, 6) is 0.490. The molecule has 1 heterocycles. The molecule has 1 spiro atoms. The van der Waals surface area contributed by atoms with Gasteiger partial charge in [-0.1, -0.05) is 192 Å². The van der Waals surface area contributed by atoms with Crippen LogP contribution in [0.5, 0.6) is 0 Å². The minimum Gasteiger partial charge on any atom is -0.310 e. The average Bonchev–Trinajstić information content (AvgIpc) is 3.97. The molecule has 0 aliphatic heterocycles. The summed E-state index contributed by atoms with van der Waals surface area (Å²) in [6.07, 6.45) is 9.51. The molecule has 4 aliphatic rings.